The number of nitrogens with one attached hydrogen (secondary N) is 1. The summed E-state index contributed by atoms with van der Waals surface area (Å²) in [4.78, 5) is 15.9. The molecule has 0 unspecified atom stereocenters. The van der Waals surface area contributed by atoms with E-state index in [0.717, 1.165) is 53.6 Å². The minimum absolute atomic E-state index is 0.0980. The van der Waals surface area contributed by atoms with E-state index in [-0.39, 0.29) is 11.9 Å². The van der Waals surface area contributed by atoms with Crippen LogP contribution in [-0.4, -0.2) is 29.9 Å². The van der Waals surface area contributed by atoms with Gasteiger partial charge in [0.25, 0.3) is 5.91 Å². The second-order valence-electron chi connectivity index (χ2n) is 8.71. The highest BCUT2D eigenvalue weighted by molar-refractivity contribution is 6.42. The van der Waals surface area contributed by atoms with Gasteiger partial charge in [-0.15, -0.1) is 0 Å². The third-order valence-electron chi connectivity index (χ3n) is 6.41. The third kappa shape index (κ3) is 4.86. The first-order valence-electron chi connectivity index (χ1n) is 11.4. The molecule has 1 saturated carbocycles. The first-order chi connectivity index (χ1) is 16.1. The van der Waals surface area contributed by atoms with E-state index in [4.69, 9.17) is 23.2 Å². The van der Waals surface area contributed by atoms with Crippen LogP contribution in [0.2, 0.25) is 10.0 Å². The highest BCUT2D eigenvalue weighted by atomic mass is 35.5. The predicted molar refractivity (Wildman–Crippen MR) is 136 cm³/mol. The largest absolute Gasteiger partial charge is 0.332 e. The molecule has 1 N–H and O–H groups in total. The number of carbonyl (C=O) groups is 1. The average Bonchev–Trinajstić information content (AvgIpc) is 3.70. The second-order valence-corrected chi connectivity index (χ2v) is 9.49. The van der Waals surface area contributed by atoms with Crippen molar-refractivity contribution in [2.45, 2.75) is 31.8 Å². The highest BCUT2D eigenvalue weighted by Crippen LogP contribution is 2.35. The summed E-state index contributed by atoms with van der Waals surface area (Å²) in [7, 11) is 0. The fourth-order valence-electron chi connectivity index (χ4n) is 4.51. The van der Waals surface area contributed by atoms with Crippen LogP contribution in [0.15, 0.2) is 78.4 Å². The number of nitrogens with zero attached hydrogens (tertiary/aromatic N) is 1. The minimum Gasteiger partial charge on any atom is -0.332 e. The average molecular weight is 477 g/mol. The zero-order valence-corrected chi connectivity index (χ0v) is 19.9. The van der Waals surface area contributed by atoms with E-state index >= 15 is 0 Å². The second kappa shape index (κ2) is 9.72. The molecule has 3 aromatic rings. The van der Waals surface area contributed by atoms with E-state index in [9.17, 15) is 4.79 Å². The fraction of sp³-hybridized carbons (Fsp3) is 0.250. The number of halogens is 2. The van der Waals surface area contributed by atoms with Crippen molar-refractivity contribution in [2.24, 2.45) is 0 Å². The van der Waals surface area contributed by atoms with E-state index in [1.54, 1.807) is 6.07 Å². The van der Waals surface area contributed by atoms with Gasteiger partial charge in [-0.1, -0.05) is 83.9 Å². The van der Waals surface area contributed by atoms with Gasteiger partial charge in [0.15, 0.2) is 0 Å². The van der Waals surface area contributed by atoms with Crippen LogP contribution in [0.3, 0.4) is 0 Å². The lowest BCUT2D eigenvalue weighted by Gasteiger charge is -2.28. The maximum Gasteiger partial charge on any atom is 0.251 e. The van der Waals surface area contributed by atoms with Crippen LogP contribution in [0.5, 0.6) is 0 Å². The summed E-state index contributed by atoms with van der Waals surface area (Å²) in [6.45, 7) is 1.92. The summed E-state index contributed by atoms with van der Waals surface area (Å²) in [5, 5.41) is 4.46. The van der Waals surface area contributed by atoms with Gasteiger partial charge in [0.2, 0.25) is 0 Å². The Balaban J connectivity index is 1.50. The third-order valence-corrected chi connectivity index (χ3v) is 7.27. The Morgan fingerprint density at radius 3 is 2.42 bits per heavy atom. The SMILES string of the molecule is O=C(C1=C(c2cccc(-c3ccccc3)c2)CCNC1)N(Cc1cccc(Cl)c1Cl)C1CC1. The molecule has 5 heteroatoms. The van der Waals surface area contributed by atoms with Crippen LogP contribution in [-0.2, 0) is 11.3 Å². The summed E-state index contributed by atoms with van der Waals surface area (Å²) in [6.07, 6.45) is 2.89. The molecule has 168 valence electrons. The van der Waals surface area contributed by atoms with E-state index in [0.29, 0.717) is 23.1 Å². The first-order valence-corrected chi connectivity index (χ1v) is 12.2. The van der Waals surface area contributed by atoms with Gasteiger partial charge >= 0.3 is 0 Å². The Labute approximate surface area is 205 Å². The molecular formula is C28H26Cl2N2O. The normalized spacial score (nSPS) is 16.1. The molecule has 0 atom stereocenters. The van der Waals surface area contributed by atoms with Gasteiger partial charge in [-0.2, -0.15) is 0 Å². The van der Waals surface area contributed by atoms with Gasteiger partial charge in [-0.25, -0.2) is 0 Å². The number of carbonyl (C=O) groups excluding carboxylic acids is 1. The number of rotatable bonds is 6. The Morgan fingerprint density at radius 2 is 1.64 bits per heavy atom. The van der Waals surface area contributed by atoms with Crippen LogP contribution < -0.4 is 5.32 Å². The lowest BCUT2D eigenvalue weighted by Crippen LogP contribution is -2.39. The van der Waals surface area contributed by atoms with Crippen molar-refractivity contribution in [1.82, 2.24) is 10.2 Å². The molecule has 0 bridgehead atoms. The molecule has 0 radical (unpaired) electrons. The van der Waals surface area contributed by atoms with Gasteiger partial charge in [0, 0.05) is 24.7 Å². The van der Waals surface area contributed by atoms with Gasteiger partial charge in [-0.05, 0) is 65.8 Å². The Bertz CT molecular complexity index is 1200. The molecule has 1 heterocycles. The molecule has 2 aliphatic rings. The van der Waals surface area contributed by atoms with E-state index in [1.807, 2.05) is 23.1 Å². The van der Waals surface area contributed by atoms with Crippen LogP contribution in [0.4, 0.5) is 0 Å². The maximum atomic E-state index is 13.9. The standard InChI is InChI=1S/C28H26Cl2N2O/c29-26-11-5-10-22(27(26)30)18-32(23-12-13-23)28(33)25-17-31-15-14-24(25)21-9-4-8-20(16-21)19-6-2-1-3-7-19/h1-11,16,23,31H,12-15,17-18H2. The summed E-state index contributed by atoms with van der Waals surface area (Å²) in [5.41, 5.74) is 6.35. The van der Waals surface area contributed by atoms with Gasteiger partial charge in [0.1, 0.15) is 0 Å². The Kier molecular flexibility index (Phi) is 6.55. The molecule has 0 aromatic heterocycles. The molecule has 1 aliphatic heterocycles. The van der Waals surface area contributed by atoms with Crippen molar-refractivity contribution in [3.05, 3.63) is 99.5 Å². The number of benzene rings is 3. The van der Waals surface area contributed by atoms with E-state index in [1.165, 1.54) is 5.56 Å². The molecule has 0 saturated heterocycles. The number of hydrogen-bond acceptors (Lipinski definition) is 2. The molecule has 3 aromatic carbocycles. The van der Waals surface area contributed by atoms with Crippen molar-refractivity contribution in [2.75, 3.05) is 13.1 Å². The van der Waals surface area contributed by atoms with Crippen molar-refractivity contribution in [3.8, 4) is 11.1 Å². The smallest absolute Gasteiger partial charge is 0.251 e. The molecule has 5 rings (SSSR count). The molecule has 1 aliphatic carbocycles. The van der Waals surface area contributed by atoms with Gasteiger partial charge in [-0.3, -0.25) is 4.79 Å². The lowest BCUT2D eigenvalue weighted by atomic mass is 9.91. The van der Waals surface area contributed by atoms with Crippen LogP contribution in [0.25, 0.3) is 16.7 Å². The minimum atomic E-state index is 0.0980. The van der Waals surface area contributed by atoms with Crippen LogP contribution in [0.1, 0.15) is 30.4 Å². The van der Waals surface area contributed by atoms with Crippen molar-refractivity contribution < 1.29 is 4.79 Å². The first kappa shape index (κ1) is 22.2. The topological polar surface area (TPSA) is 32.3 Å². The summed E-state index contributed by atoms with van der Waals surface area (Å²) in [6, 6.07) is 24.8. The molecule has 1 amide bonds. The molecule has 1 fully saturated rings. The van der Waals surface area contributed by atoms with Crippen molar-refractivity contribution in [1.29, 1.82) is 0 Å². The molecule has 3 nitrogen and oxygen atoms in total. The van der Waals surface area contributed by atoms with Gasteiger partial charge < -0.3 is 10.2 Å². The molecule has 33 heavy (non-hydrogen) atoms. The molecular weight excluding hydrogens is 451 g/mol. The van der Waals surface area contributed by atoms with Crippen LogP contribution >= 0.6 is 23.2 Å². The Morgan fingerprint density at radius 1 is 0.909 bits per heavy atom. The van der Waals surface area contributed by atoms with Crippen molar-refractivity contribution in [3.63, 3.8) is 0 Å². The number of amides is 1. The summed E-state index contributed by atoms with van der Waals surface area (Å²) >= 11 is 12.7. The summed E-state index contributed by atoms with van der Waals surface area (Å²) in [5.74, 6) is 0.0980. The molecule has 0 spiro atoms. The Hall–Kier alpha value is -2.59. The van der Waals surface area contributed by atoms with Crippen molar-refractivity contribution >= 4 is 34.7 Å². The maximum absolute atomic E-state index is 13.9. The van der Waals surface area contributed by atoms with E-state index in [2.05, 4.69) is 53.8 Å². The van der Waals surface area contributed by atoms with Crippen LogP contribution in [0, 0.1) is 0 Å². The predicted octanol–water partition coefficient (Wildman–Crippen LogP) is 6.60. The van der Waals surface area contributed by atoms with E-state index < -0.39 is 0 Å². The quantitative estimate of drug-likeness (QED) is 0.434. The zero-order chi connectivity index (χ0) is 22.8. The summed E-state index contributed by atoms with van der Waals surface area (Å²) < 4.78 is 0. The monoisotopic (exact) mass is 476 g/mol. The zero-order valence-electron chi connectivity index (χ0n) is 18.4. The highest BCUT2D eigenvalue weighted by Gasteiger charge is 2.35. The van der Waals surface area contributed by atoms with Gasteiger partial charge in [0.05, 0.1) is 10.0 Å². The number of hydrogen-bond donors (Lipinski definition) is 1. The fourth-order valence-corrected chi connectivity index (χ4v) is 4.88. The lowest BCUT2D eigenvalue weighted by molar-refractivity contribution is -0.128.